The van der Waals surface area contributed by atoms with E-state index in [1.807, 2.05) is 0 Å². The van der Waals surface area contributed by atoms with Gasteiger partial charge in [-0.15, -0.1) is 0 Å². The second-order valence-electron chi connectivity index (χ2n) is 6.28. The SMILES string of the molecule is Cc1ccc(C(CC(=O)O)NC(=O)c2cc(O)n(-c3ccccc3)n2)c(F)c1. The van der Waals surface area contributed by atoms with Crippen LogP contribution in [0.15, 0.2) is 54.6 Å². The molecule has 1 unspecified atom stereocenters. The summed E-state index contributed by atoms with van der Waals surface area (Å²) in [4.78, 5) is 23.8. The largest absolute Gasteiger partial charge is 0.493 e. The van der Waals surface area contributed by atoms with Crippen LogP contribution in [-0.2, 0) is 4.79 Å². The lowest BCUT2D eigenvalue weighted by molar-refractivity contribution is -0.137. The Labute approximate surface area is 160 Å². The Morgan fingerprint density at radius 1 is 1.18 bits per heavy atom. The zero-order chi connectivity index (χ0) is 20.3. The molecule has 1 aromatic heterocycles. The molecule has 2 aromatic carbocycles. The maximum atomic E-state index is 14.3. The topological polar surface area (TPSA) is 104 Å². The number of rotatable bonds is 6. The van der Waals surface area contributed by atoms with Gasteiger partial charge in [0.25, 0.3) is 5.91 Å². The van der Waals surface area contributed by atoms with Crippen LogP contribution in [0.1, 0.15) is 34.1 Å². The molecular formula is C20H18FN3O4. The fraction of sp³-hybridized carbons (Fsp3) is 0.150. The first-order chi connectivity index (χ1) is 13.3. The van der Waals surface area contributed by atoms with E-state index in [1.165, 1.54) is 16.8 Å². The summed E-state index contributed by atoms with van der Waals surface area (Å²) in [7, 11) is 0. The van der Waals surface area contributed by atoms with Crippen molar-refractivity contribution in [1.29, 1.82) is 0 Å². The Balaban J connectivity index is 1.87. The summed E-state index contributed by atoms with van der Waals surface area (Å²) in [5.41, 5.74) is 1.16. The maximum Gasteiger partial charge on any atom is 0.305 e. The zero-order valence-electron chi connectivity index (χ0n) is 15.0. The Morgan fingerprint density at radius 3 is 2.54 bits per heavy atom. The van der Waals surface area contributed by atoms with Crippen molar-refractivity contribution in [2.24, 2.45) is 0 Å². The van der Waals surface area contributed by atoms with Crippen LogP contribution in [0.5, 0.6) is 5.88 Å². The first-order valence-corrected chi connectivity index (χ1v) is 8.48. The molecular weight excluding hydrogens is 365 g/mol. The van der Waals surface area contributed by atoms with Crippen LogP contribution in [-0.4, -0.2) is 31.9 Å². The van der Waals surface area contributed by atoms with Gasteiger partial charge in [0.1, 0.15) is 5.82 Å². The number of benzene rings is 2. The van der Waals surface area contributed by atoms with Crippen LogP contribution in [0.25, 0.3) is 5.69 Å². The molecule has 0 aliphatic carbocycles. The highest BCUT2D eigenvalue weighted by Crippen LogP contribution is 2.23. The van der Waals surface area contributed by atoms with Gasteiger partial charge in [-0.25, -0.2) is 9.07 Å². The molecule has 1 heterocycles. The summed E-state index contributed by atoms with van der Waals surface area (Å²) < 4.78 is 15.5. The number of para-hydroxylation sites is 1. The third-order valence-electron chi connectivity index (χ3n) is 4.14. The van der Waals surface area contributed by atoms with Crippen molar-refractivity contribution in [2.45, 2.75) is 19.4 Å². The molecule has 0 fully saturated rings. The molecule has 0 radical (unpaired) electrons. The highest BCUT2D eigenvalue weighted by Gasteiger charge is 2.24. The van der Waals surface area contributed by atoms with Crippen LogP contribution < -0.4 is 5.32 Å². The summed E-state index contributed by atoms with van der Waals surface area (Å²) in [5.74, 6) is -2.78. The molecule has 3 N–H and O–H groups in total. The van der Waals surface area contributed by atoms with E-state index in [0.717, 1.165) is 6.07 Å². The van der Waals surface area contributed by atoms with Crippen LogP contribution in [0.4, 0.5) is 4.39 Å². The van der Waals surface area contributed by atoms with Crippen molar-refractivity contribution in [3.63, 3.8) is 0 Å². The number of hydrogen-bond donors (Lipinski definition) is 3. The van der Waals surface area contributed by atoms with Gasteiger partial charge in [-0.2, -0.15) is 5.10 Å². The van der Waals surface area contributed by atoms with E-state index in [1.54, 1.807) is 43.3 Å². The fourth-order valence-electron chi connectivity index (χ4n) is 2.80. The van der Waals surface area contributed by atoms with E-state index in [-0.39, 0.29) is 17.1 Å². The van der Waals surface area contributed by atoms with E-state index in [9.17, 15) is 19.1 Å². The van der Waals surface area contributed by atoms with E-state index in [4.69, 9.17) is 5.11 Å². The normalized spacial score (nSPS) is 11.8. The smallest absolute Gasteiger partial charge is 0.305 e. The number of nitrogens with one attached hydrogen (secondary N) is 1. The molecule has 0 bridgehead atoms. The van der Waals surface area contributed by atoms with Gasteiger partial charge < -0.3 is 15.5 Å². The molecule has 3 rings (SSSR count). The molecule has 1 amide bonds. The van der Waals surface area contributed by atoms with Crippen molar-refractivity contribution < 1.29 is 24.2 Å². The average Bonchev–Trinajstić information content (AvgIpc) is 3.03. The quantitative estimate of drug-likeness (QED) is 0.607. The highest BCUT2D eigenvalue weighted by molar-refractivity contribution is 5.93. The minimum absolute atomic E-state index is 0.0630. The first-order valence-electron chi connectivity index (χ1n) is 8.48. The number of aliphatic carboxylic acids is 1. The van der Waals surface area contributed by atoms with E-state index < -0.39 is 30.2 Å². The molecule has 0 saturated carbocycles. The standard InChI is InChI=1S/C20H18FN3O4/c1-12-7-8-14(15(21)9-12)16(11-19(26)27)22-20(28)17-10-18(25)24(23-17)13-5-3-2-4-6-13/h2-10,16,25H,11H2,1H3,(H,22,28)(H,26,27). The van der Waals surface area contributed by atoms with E-state index in [2.05, 4.69) is 10.4 Å². The zero-order valence-corrected chi connectivity index (χ0v) is 15.0. The molecule has 0 spiro atoms. The number of carbonyl (C=O) groups excluding carboxylic acids is 1. The number of aromatic nitrogens is 2. The van der Waals surface area contributed by atoms with Gasteiger partial charge in [0.15, 0.2) is 5.69 Å². The number of halogens is 1. The Bertz CT molecular complexity index is 1020. The molecule has 7 nitrogen and oxygen atoms in total. The predicted octanol–water partition coefficient (Wildman–Crippen LogP) is 2.97. The van der Waals surface area contributed by atoms with Crippen LogP contribution in [0, 0.1) is 12.7 Å². The summed E-state index contributed by atoms with van der Waals surface area (Å²) in [6, 6.07) is 13.1. The van der Waals surface area contributed by atoms with Gasteiger partial charge in [-0.05, 0) is 30.7 Å². The fourth-order valence-corrected chi connectivity index (χ4v) is 2.80. The molecule has 8 heteroatoms. The van der Waals surface area contributed by atoms with Crippen LogP contribution in [0.3, 0.4) is 0 Å². The van der Waals surface area contributed by atoms with E-state index in [0.29, 0.717) is 11.3 Å². The van der Waals surface area contributed by atoms with Crippen molar-refractivity contribution in [3.05, 3.63) is 77.2 Å². The Kier molecular flexibility index (Phi) is 5.39. The van der Waals surface area contributed by atoms with E-state index >= 15 is 0 Å². The van der Waals surface area contributed by atoms with Crippen LogP contribution >= 0.6 is 0 Å². The second-order valence-corrected chi connectivity index (χ2v) is 6.28. The minimum Gasteiger partial charge on any atom is -0.493 e. The number of aryl methyl sites for hydroxylation is 1. The predicted molar refractivity (Wildman–Crippen MR) is 98.8 cm³/mol. The summed E-state index contributed by atoms with van der Waals surface area (Å²) in [6.45, 7) is 1.71. The Hall–Kier alpha value is -3.68. The van der Waals surface area contributed by atoms with Crippen LogP contribution in [0.2, 0.25) is 0 Å². The van der Waals surface area contributed by atoms with Gasteiger partial charge in [-0.1, -0.05) is 30.3 Å². The molecule has 0 aliphatic heterocycles. The summed E-state index contributed by atoms with van der Waals surface area (Å²) in [5, 5.41) is 25.8. The van der Waals surface area contributed by atoms with Gasteiger partial charge in [0, 0.05) is 11.6 Å². The average molecular weight is 383 g/mol. The minimum atomic E-state index is -1.19. The molecule has 0 saturated heterocycles. The van der Waals surface area contributed by atoms with Crippen molar-refractivity contribution in [3.8, 4) is 11.6 Å². The maximum absolute atomic E-state index is 14.3. The van der Waals surface area contributed by atoms with Gasteiger partial charge in [-0.3, -0.25) is 9.59 Å². The lowest BCUT2D eigenvalue weighted by Crippen LogP contribution is -2.31. The molecule has 3 aromatic rings. The third-order valence-corrected chi connectivity index (χ3v) is 4.14. The number of amides is 1. The number of aromatic hydroxyl groups is 1. The van der Waals surface area contributed by atoms with Crippen molar-refractivity contribution in [1.82, 2.24) is 15.1 Å². The third kappa shape index (κ3) is 4.17. The second kappa shape index (κ2) is 7.91. The molecule has 1 atom stereocenters. The lowest BCUT2D eigenvalue weighted by Gasteiger charge is -2.17. The number of hydrogen-bond acceptors (Lipinski definition) is 4. The first kappa shape index (κ1) is 19.1. The number of carboxylic acid groups (broad SMARTS) is 1. The Morgan fingerprint density at radius 2 is 1.89 bits per heavy atom. The monoisotopic (exact) mass is 383 g/mol. The number of nitrogens with zero attached hydrogens (tertiary/aromatic N) is 2. The van der Waals surface area contributed by atoms with Gasteiger partial charge in [0.05, 0.1) is 18.2 Å². The van der Waals surface area contributed by atoms with Crippen molar-refractivity contribution >= 4 is 11.9 Å². The lowest BCUT2D eigenvalue weighted by atomic mass is 10.0. The highest BCUT2D eigenvalue weighted by atomic mass is 19.1. The molecule has 144 valence electrons. The molecule has 28 heavy (non-hydrogen) atoms. The number of carbonyl (C=O) groups is 2. The summed E-state index contributed by atoms with van der Waals surface area (Å²) >= 11 is 0. The molecule has 0 aliphatic rings. The summed E-state index contributed by atoms with van der Waals surface area (Å²) in [6.07, 6.45) is -0.503. The van der Waals surface area contributed by atoms with Crippen molar-refractivity contribution in [2.75, 3.05) is 0 Å². The van der Waals surface area contributed by atoms with Gasteiger partial charge >= 0.3 is 5.97 Å². The number of carboxylic acids is 1. The van der Waals surface area contributed by atoms with Gasteiger partial charge in [0.2, 0.25) is 5.88 Å².